The first-order valence-corrected chi connectivity index (χ1v) is 3.86. The van der Waals surface area contributed by atoms with Crippen molar-refractivity contribution in [2.24, 2.45) is 7.05 Å². The van der Waals surface area contributed by atoms with Crippen molar-refractivity contribution in [2.75, 3.05) is 5.73 Å². The van der Waals surface area contributed by atoms with Gasteiger partial charge in [0.15, 0.2) is 0 Å². The van der Waals surface area contributed by atoms with Crippen LogP contribution < -0.4 is 5.73 Å². The molecule has 2 N–H and O–H groups in total. The Hall–Kier alpha value is -1.51. The van der Waals surface area contributed by atoms with Crippen molar-refractivity contribution in [1.82, 2.24) is 9.55 Å². The lowest BCUT2D eigenvalue weighted by molar-refractivity contribution is 0.962. The molecule has 2 aromatic heterocycles. The second kappa shape index (κ2) is 2.24. The molecule has 0 aromatic carbocycles. The van der Waals surface area contributed by atoms with E-state index in [1.807, 2.05) is 17.7 Å². The summed E-state index contributed by atoms with van der Waals surface area (Å²) in [6, 6.07) is 1.99. The Bertz CT molecular complexity index is 429. The Labute approximate surface area is 70.8 Å². The summed E-state index contributed by atoms with van der Waals surface area (Å²) in [7, 11) is 1.98. The zero-order valence-corrected chi connectivity index (χ0v) is 7.20. The maximum Gasteiger partial charge on any atom is 0.147 e. The molecule has 0 atom stereocenters. The molecular formula is C9H11N3. The van der Waals surface area contributed by atoms with Crippen LogP contribution in [-0.2, 0) is 7.05 Å². The fourth-order valence-corrected chi connectivity index (χ4v) is 1.58. The number of rotatable bonds is 0. The summed E-state index contributed by atoms with van der Waals surface area (Å²) in [6.07, 6.45) is 3.80. The summed E-state index contributed by atoms with van der Waals surface area (Å²) < 4.78 is 2.01. The van der Waals surface area contributed by atoms with Gasteiger partial charge in [-0.2, -0.15) is 0 Å². The summed E-state index contributed by atoms with van der Waals surface area (Å²) in [5.74, 6) is 0.600. The summed E-state index contributed by atoms with van der Waals surface area (Å²) in [6.45, 7) is 2.07. The molecule has 12 heavy (non-hydrogen) atoms. The van der Waals surface area contributed by atoms with E-state index < -0.39 is 0 Å². The smallest absolute Gasteiger partial charge is 0.147 e. The molecule has 3 nitrogen and oxygen atoms in total. The molecule has 0 fully saturated rings. The number of fused-ring (bicyclic) bond motifs is 1. The maximum absolute atomic E-state index is 5.74. The van der Waals surface area contributed by atoms with Crippen LogP contribution in [0.25, 0.3) is 10.9 Å². The highest BCUT2D eigenvalue weighted by Gasteiger charge is 2.05. The normalized spacial score (nSPS) is 10.8. The lowest BCUT2D eigenvalue weighted by atomic mass is 10.2. The average Bonchev–Trinajstić information content (AvgIpc) is 2.29. The molecular weight excluding hydrogens is 150 g/mol. The standard InChI is InChI=1S/C9H11N3/c1-6-5-12(2)8-7(6)3-4-11-9(8)10/h3-5H,1-2H3,(H2,10,11). The Morgan fingerprint density at radius 3 is 2.92 bits per heavy atom. The largest absolute Gasteiger partial charge is 0.382 e. The molecule has 0 saturated heterocycles. The number of anilines is 1. The van der Waals surface area contributed by atoms with Crippen molar-refractivity contribution < 1.29 is 0 Å². The average molecular weight is 161 g/mol. The molecule has 0 saturated carbocycles. The van der Waals surface area contributed by atoms with Gasteiger partial charge in [-0.05, 0) is 18.6 Å². The first-order valence-electron chi connectivity index (χ1n) is 3.86. The van der Waals surface area contributed by atoms with Gasteiger partial charge in [-0.3, -0.25) is 0 Å². The Morgan fingerprint density at radius 1 is 1.50 bits per heavy atom. The van der Waals surface area contributed by atoms with Gasteiger partial charge in [0.05, 0.1) is 5.52 Å². The van der Waals surface area contributed by atoms with E-state index in [4.69, 9.17) is 5.73 Å². The third kappa shape index (κ3) is 0.794. The first kappa shape index (κ1) is 7.16. The molecule has 0 aliphatic heterocycles. The van der Waals surface area contributed by atoms with Crippen LogP contribution in [0, 0.1) is 6.92 Å². The number of nitrogens with two attached hydrogens (primary N) is 1. The minimum atomic E-state index is 0.600. The fraction of sp³-hybridized carbons (Fsp3) is 0.222. The van der Waals surface area contributed by atoms with Crippen molar-refractivity contribution >= 4 is 16.7 Å². The van der Waals surface area contributed by atoms with E-state index in [9.17, 15) is 0 Å². The van der Waals surface area contributed by atoms with Gasteiger partial charge in [-0.1, -0.05) is 0 Å². The van der Waals surface area contributed by atoms with Crippen molar-refractivity contribution in [3.63, 3.8) is 0 Å². The van der Waals surface area contributed by atoms with E-state index >= 15 is 0 Å². The van der Waals surface area contributed by atoms with Crippen LogP contribution in [0.15, 0.2) is 18.5 Å². The molecule has 2 rings (SSSR count). The third-order valence-corrected chi connectivity index (χ3v) is 2.12. The molecule has 0 aliphatic rings. The van der Waals surface area contributed by atoms with Crippen molar-refractivity contribution in [3.05, 3.63) is 24.0 Å². The van der Waals surface area contributed by atoms with Gasteiger partial charge in [0, 0.05) is 24.8 Å². The topological polar surface area (TPSA) is 43.8 Å². The van der Waals surface area contributed by atoms with Gasteiger partial charge in [-0.25, -0.2) is 4.98 Å². The van der Waals surface area contributed by atoms with Gasteiger partial charge < -0.3 is 10.3 Å². The van der Waals surface area contributed by atoms with Gasteiger partial charge >= 0.3 is 0 Å². The highest BCUT2D eigenvalue weighted by atomic mass is 15.0. The fourth-order valence-electron chi connectivity index (χ4n) is 1.58. The second-order valence-corrected chi connectivity index (χ2v) is 3.02. The summed E-state index contributed by atoms with van der Waals surface area (Å²) >= 11 is 0. The van der Waals surface area contributed by atoms with Crippen molar-refractivity contribution in [3.8, 4) is 0 Å². The van der Waals surface area contributed by atoms with Crippen LogP contribution in [-0.4, -0.2) is 9.55 Å². The quantitative estimate of drug-likeness (QED) is 0.635. The highest BCUT2D eigenvalue weighted by molar-refractivity contribution is 5.90. The molecule has 0 spiro atoms. The molecule has 2 aromatic rings. The van der Waals surface area contributed by atoms with E-state index in [2.05, 4.69) is 18.1 Å². The molecule has 0 aliphatic carbocycles. The lowest BCUT2D eigenvalue weighted by Gasteiger charge is -1.98. The van der Waals surface area contributed by atoms with Crippen LogP contribution in [0.5, 0.6) is 0 Å². The number of hydrogen-bond acceptors (Lipinski definition) is 2. The second-order valence-electron chi connectivity index (χ2n) is 3.02. The maximum atomic E-state index is 5.74. The molecule has 0 amide bonds. The van der Waals surface area contributed by atoms with E-state index in [1.54, 1.807) is 6.20 Å². The van der Waals surface area contributed by atoms with E-state index in [-0.39, 0.29) is 0 Å². The number of nitrogens with zero attached hydrogens (tertiary/aromatic N) is 2. The first-order chi connectivity index (χ1) is 5.70. The predicted molar refractivity (Wildman–Crippen MR) is 49.9 cm³/mol. The predicted octanol–water partition coefficient (Wildman–Crippen LogP) is 1.46. The van der Waals surface area contributed by atoms with Crippen LogP contribution in [0.2, 0.25) is 0 Å². The summed E-state index contributed by atoms with van der Waals surface area (Å²) in [5.41, 5.74) is 8.00. The third-order valence-electron chi connectivity index (χ3n) is 2.12. The van der Waals surface area contributed by atoms with Crippen LogP contribution in [0.1, 0.15) is 5.56 Å². The molecule has 2 heterocycles. The van der Waals surface area contributed by atoms with E-state index in [0.717, 1.165) is 5.52 Å². The zero-order chi connectivity index (χ0) is 8.72. The summed E-state index contributed by atoms with van der Waals surface area (Å²) in [4.78, 5) is 4.04. The highest BCUT2D eigenvalue weighted by Crippen LogP contribution is 2.22. The lowest BCUT2D eigenvalue weighted by Crippen LogP contribution is -1.94. The van der Waals surface area contributed by atoms with Gasteiger partial charge in [-0.15, -0.1) is 0 Å². The van der Waals surface area contributed by atoms with Gasteiger partial charge in [0.2, 0.25) is 0 Å². The number of aryl methyl sites for hydroxylation is 2. The van der Waals surface area contributed by atoms with Gasteiger partial charge in [0.25, 0.3) is 0 Å². The molecule has 0 radical (unpaired) electrons. The van der Waals surface area contributed by atoms with Crippen LogP contribution >= 0.6 is 0 Å². The van der Waals surface area contributed by atoms with Crippen molar-refractivity contribution in [1.29, 1.82) is 0 Å². The number of pyridine rings is 1. The van der Waals surface area contributed by atoms with E-state index in [0.29, 0.717) is 5.82 Å². The molecule has 62 valence electrons. The van der Waals surface area contributed by atoms with Crippen LogP contribution in [0.3, 0.4) is 0 Å². The van der Waals surface area contributed by atoms with E-state index in [1.165, 1.54) is 10.9 Å². The molecule has 0 unspecified atom stereocenters. The summed E-state index contributed by atoms with van der Waals surface area (Å²) in [5, 5.41) is 1.19. The SMILES string of the molecule is Cc1cn(C)c2c(N)nccc12. The molecule has 3 heteroatoms. The number of hydrogen-bond donors (Lipinski definition) is 1. The zero-order valence-electron chi connectivity index (χ0n) is 7.20. The van der Waals surface area contributed by atoms with Crippen molar-refractivity contribution in [2.45, 2.75) is 6.92 Å². The Morgan fingerprint density at radius 2 is 2.25 bits per heavy atom. The minimum absolute atomic E-state index is 0.600. The Kier molecular flexibility index (Phi) is 1.33. The minimum Gasteiger partial charge on any atom is -0.382 e. The Balaban J connectivity index is 2.99. The number of nitrogen functional groups attached to an aromatic ring is 1. The van der Waals surface area contributed by atoms with Gasteiger partial charge in [0.1, 0.15) is 5.82 Å². The number of aromatic nitrogens is 2. The molecule has 0 bridgehead atoms. The van der Waals surface area contributed by atoms with Crippen LogP contribution in [0.4, 0.5) is 5.82 Å². The monoisotopic (exact) mass is 161 g/mol.